The third-order valence-corrected chi connectivity index (χ3v) is 10.0. The molecule has 8 aromatic rings. The van der Waals surface area contributed by atoms with Gasteiger partial charge in [-0.3, -0.25) is 38.4 Å². The molecule has 0 atom stereocenters. The number of aromatic amines is 4. The number of hydrogen-bond acceptors (Lipinski definition) is 16. The van der Waals surface area contributed by atoms with Gasteiger partial charge in [0, 0.05) is 113 Å². The van der Waals surface area contributed by atoms with Crippen LogP contribution < -0.4 is 37.9 Å². The highest BCUT2D eigenvalue weighted by Crippen LogP contribution is 2.56. The highest BCUT2D eigenvalue weighted by atomic mass is 16.6. The van der Waals surface area contributed by atoms with Crippen molar-refractivity contribution in [3.63, 3.8) is 0 Å². The fourth-order valence-electron chi connectivity index (χ4n) is 7.99. The van der Waals surface area contributed by atoms with E-state index in [2.05, 4.69) is 19.9 Å². The summed E-state index contributed by atoms with van der Waals surface area (Å²) in [5.41, 5.74) is 1.88. The van der Waals surface area contributed by atoms with E-state index in [0.717, 1.165) is 55.4 Å². The average molecular weight is 927 g/mol. The number of aromatic nitrogens is 4. The van der Waals surface area contributed by atoms with Crippen molar-refractivity contribution in [2.75, 3.05) is 0 Å². The lowest BCUT2D eigenvalue weighted by atomic mass is 9.91. The Hall–Kier alpha value is -9.20. The molecule has 346 valence electrons. The van der Waals surface area contributed by atoms with Crippen LogP contribution in [0.15, 0.2) is 60.9 Å². The summed E-state index contributed by atoms with van der Waals surface area (Å²) in [5, 5.41) is 1.40. The Labute approximate surface area is 382 Å². The van der Waals surface area contributed by atoms with E-state index in [1.165, 1.54) is 36.4 Å². The molecule has 0 amide bonds. The van der Waals surface area contributed by atoms with Gasteiger partial charge in [0.2, 0.25) is 0 Å². The maximum Gasteiger partial charge on any atom is 0.308 e. The lowest BCUT2D eigenvalue weighted by Crippen LogP contribution is -2.09. The number of carbonyl (C=O) groups is 8. The Balaban J connectivity index is 1.67. The van der Waals surface area contributed by atoms with Gasteiger partial charge >= 0.3 is 47.8 Å². The monoisotopic (exact) mass is 926 g/mol. The zero-order chi connectivity index (χ0) is 48.9. The number of benzene rings is 4. The molecular weight excluding hydrogens is 889 g/mol. The number of H-pyrrole nitrogens is 4. The van der Waals surface area contributed by atoms with Gasteiger partial charge in [-0.2, -0.15) is 0 Å². The van der Waals surface area contributed by atoms with Crippen molar-refractivity contribution in [3.8, 4) is 79.6 Å². The fourth-order valence-corrected chi connectivity index (χ4v) is 7.99. The van der Waals surface area contributed by atoms with Crippen molar-refractivity contribution in [1.29, 1.82) is 0 Å². The van der Waals surface area contributed by atoms with Gasteiger partial charge in [0.1, 0.15) is 0 Å². The second kappa shape index (κ2) is 17.6. The van der Waals surface area contributed by atoms with E-state index < -0.39 is 47.8 Å². The number of carbonyl (C=O) groups excluding carboxylic acids is 8. The molecule has 20 heteroatoms. The van der Waals surface area contributed by atoms with Crippen molar-refractivity contribution in [3.05, 3.63) is 60.9 Å². The van der Waals surface area contributed by atoms with Crippen LogP contribution in [-0.2, 0) is 38.4 Å². The molecule has 4 heterocycles. The number of nitrogens with one attached hydrogen (secondary N) is 4. The third kappa shape index (κ3) is 8.67. The fraction of sp³-hybridized carbons (Fsp3) is 0.167. The van der Waals surface area contributed by atoms with Gasteiger partial charge in [-0.25, -0.2) is 0 Å². The molecule has 0 unspecified atom stereocenters. The van der Waals surface area contributed by atoms with Crippen LogP contribution in [0, 0.1) is 0 Å². The van der Waals surface area contributed by atoms with Gasteiger partial charge < -0.3 is 57.8 Å². The van der Waals surface area contributed by atoms with Gasteiger partial charge in [-0.1, -0.05) is 0 Å². The second-order valence-corrected chi connectivity index (χ2v) is 15.2. The Morgan fingerprint density at radius 2 is 0.647 bits per heavy atom. The van der Waals surface area contributed by atoms with E-state index in [0.29, 0.717) is 21.8 Å². The van der Waals surface area contributed by atoms with Crippen molar-refractivity contribution in [2.24, 2.45) is 0 Å². The third-order valence-electron chi connectivity index (χ3n) is 10.0. The lowest BCUT2D eigenvalue weighted by Gasteiger charge is -2.18. The highest BCUT2D eigenvalue weighted by Gasteiger charge is 2.33. The average Bonchev–Trinajstić information content (AvgIpc) is 4.02. The Morgan fingerprint density at radius 1 is 0.353 bits per heavy atom. The smallest absolute Gasteiger partial charge is 0.308 e. The van der Waals surface area contributed by atoms with Crippen LogP contribution in [0.4, 0.5) is 0 Å². The topological polar surface area (TPSA) is 274 Å². The summed E-state index contributed by atoms with van der Waals surface area (Å²) in [4.78, 5) is 115. The Morgan fingerprint density at radius 3 is 0.956 bits per heavy atom. The molecular formula is C48H38N4O16. The predicted octanol–water partition coefficient (Wildman–Crippen LogP) is 8.02. The van der Waals surface area contributed by atoms with Crippen molar-refractivity contribution >= 4 is 91.4 Å². The molecule has 0 spiro atoms. The summed E-state index contributed by atoms with van der Waals surface area (Å²) in [5.74, 6) is -7.80. The lowest BCUT2D eigenvalue weighted by molar-refractivity contribution is -0.134. The molecule has 4 N–H and O–H groups in total. The zero-order valence-electron chi connectivity index (χ0n) is 37.3. The molecule has 8 rings (SSSR count). The van der Waals surface area contributed by atoms with Crippen molar-refractivity contribution in [2.45, 2.75) is 55.4 Å². The highest BCUT2D eigenvalue weighted by molar-refractivity contribution is 6.20. The number of ether oxygens (including phenoxy) is 8. The standard InChI is InChI=1S/C48H38N4O16/c1-19(53)61-33-15-29-31(17-35(33)63-21(3)55)51-45(41-43-27(9-11-49-43)13-37(65-23(5)57)47(41)67-25(7)59)39(29)40-30-16-34(62-20(2)54)36(64-22(4)56)18-32(30)52-46(40)42-44-28(10-12-50-44)14-38(66-24(6)58)48(42)68-26(8)60/h9-18,49-52H,1-8H3. The van der Waals surface area contributed by atoms with E-state index in [-0.39, 0.29) is 101 Å². The second-order valence-electron chi connectivity index (χ2n) is 15.2. The van der Waals surface area contributed by atoms with Crippen molar-refractivity contribution < 1.29 is 76.3 Å². The molecule has 4 aromatic heterocycles. The molecule has 20 nitrogen and oxygen atoms in total. The number of esters is 8. The van der Waals surface area contributed by atoms with E-state index in [9.17, 15) is 38.4 Å². The molecule has 0 aliphatic carbocycles. The van der Waals surface area contributed by atoms with Crippen LogP contribution in [0.2, 0.25) is 0 Å². The van der Waals surface area contributed by atoms with E-state index in [4.69, 9.17) is 37.9 Å². The first-order valence-corrected chi connectivity index (χ1v) is 20.4. The minimum absolute atomic E-state index is 0.101. The summed E-state index contributed by atoms with van der Waals surface area (Å²) in [6, 6.07) is 11.9. The predicted molar refractivity (Wildman–Crippen MR) is 241 cm³/mol. The van der Waals surface area contributed by atoms with Gasteiger partial charge in [-0.15, -0.1) is 0 Å². The first-order valence-electron chi connectivity index (χ1n) is 20.4. The van der Waals surface area contributed by atoms with Crippen molar-refractivity contribution in [1.82, 2.24) is 19.9 Å². The van der Waals surface area contributed by atoms with Gasteiger partial charge in [0.25, 0.3) is 0 Å². The number of hydrogen-bond donors (Lipinski definition) is 4. The molecule has 0 bridgehead atoms. The summed E-state index contributed by atoms with van der Waals surface area (Å²) >= 11 is 0. The first kappa shape index (κ1) is 45.4. The van der Waals surface area contributed by atoms with E-state index in [1.807, 2.05) is 0 Å². The minimum Gasteiger partial charge on any atom is -0.423 e. The summed E-state index contributed by atoms with van der Waals surface area (Å²) in [6.07, 6.45) is 3.19. The van der Waals surface area contributed by atoms with Crippen LogP contribution in [0.25, 0.3) is 77.3 Å². The SMILES string of the molecule is CC(=O)Oc1cc2[nH]c(-c3c(OC(C)=O)c(OC(C)=O)cc4cc[nH]c34)c(-c3c(-c4c(OC(C)=O)c(OC(C)=O)cc5cc[nH]c45)[nH]c4cc(OC(C)=O)c(OC(C)=O)cc34)c2cc1OC(C)=O. The number of fused-ring (bicyclic) bond motifs is 4. The number of rotatable bonds is 11. The normalized spacial score (nSPS) is 11.1. The van der Waals surface area contributed by atoms with Gasteiger partial charge in [0.05, 0.1) is 44.6 Å². The molecule has 4 aromatic carbocycles. The van der Waals surface area contributed by atoms with Gasteiger partial charge in [-0.05, 0) is 36.4 Å². The van der Waals surface area contributed by atoms with Crippen LogP contribution in [-0.4, -0.2) is 67.7 Å². The van der Waals surface area contributed by atoms with Crippen LogP contribution in [0.5, 0.6) is 46.0 Å². The molecule has 0 saturated heterocycles. The van der Waals surface area contributed by atoms with Gasteiger partial charge in [0.15, 0.2) is 46.0 Å². The largest absolute Gasteiger partial charge is 0.423 e. The van der Waals surface area contributed by atoms with Crippen LogP contribution in [0.3, 0.4) is 0 Å². The Bertz CT molecular complexity index is 3280. The molecule has 0 fully saturated rings. The summed E-state index contributed by atoms with van der Waals surface area (Å²) in [6.45, 7) is 9.19. The maximum atomic E-state index is 13.0. The van der Waals surface area contributed by atoms with E-state index >= 15 is 0 Å². The summed E-state index contributed by atoms with van der Waals surface area (Å²) < 4.78 is 45.4. The Kier molecular flexibility index (Phi) is 11.8. The molecule has 0 aliphatic heterocycles. The molecule has 68 heavy (non-hydrogen) atoms. The first-order chi connectivity index (χ1) is 32.3. The van der Waals surface area contributed by atoms with E-state index in [1.54, 1.807) is 24.5 Å². The summed E-state index contributed by atoms with van der Waals surface area (Å²) in [7, 11) is 0. The van der Waals surface area contributed by atoms with Crippen LogP contribution in [0.1, 0.15) is 55.4 Å². The molecule has 0 aliphatic rings. The maximum absolute atomic E-state index is 13.0. The minimum atomic E-state index is -0.809. The molecule has 0 radical (unpaired) electrons. The molecule has 0 saturated carbocycles. The quantitative estimate of drug-likeness (QED) is 0.0706. The zero-order valence-corrected chi connectivity index (χ0v) is 37.3. The van der Waals surface area contributed by atoms with Crippen LogP contribution >= 0.6 is 0 Å².